The molecule has 1 aromatic heterocycles. The number of hydrogen-bond acceptors (Lipinski definition) is 3. The molecule has 19 heavy (non-hydrogen) atoms. The first kappa shape index (κ1) is 13.6. The van der Waals surface area contributed by atoms with Gasteiger partial charge < -0.3 is 9.80 Å². The zero-order chi connectivity index (χ0) is 14.0. The summed E-state index contributed by atoms with van der Waals surface area (Å²) in [6.45, 7) is 7.79. The summed E-state index contributed by atoms with van der Waals surface area (Å²) >= 11 is 0. The van der Waals surface area contributed by atoms with Crippen molar-refractivity contribution in [1.29, 1.82) is 0 Å². The molecule has 2 amide bonds. The van der Waals surface area contributed by atoms with E-state index in [9.17, 15) is 9.59 Å². The fourth-order valence-electron chi connectivity index (χ4n) is 2.25. The maximum absolute atomic E-state index is 12.3. The summed E-state index contributed by atoms with van der Waals surface area (Å²) in [5.74, 6) is -0.0295. The Hall–Kier alpha value is -1.85. The van der Waals surface area contributed by atoms with E-state index in [0.29, 0.717) is 19.6 Å². The van der Waals surface area contributed by atoms with Gasteiger partial charge in [0.2, 0.25) is 11.8 Å². The van der Waals surface area contributed by atoms with Gasteiger partial charge in [-0.15, -0.1) is 0 Å². The van der Waals surface area contributed by atoms with Gasteiger partial charge >= 0.3 is 0 Å². The fourth-order valence-corrected chi connectivity index (χ4v) is 2.25. The lowest BCUT2D eigenvalue weighted by atomic mass is 10.2. The van der Waals surface area contributed by atoms with Crippen LogP contribution in [0.25, 0.3) is 0 Å². The summed E-state index contributed by atoms with van der Waals surface area (Å²) in [4.78, 5) is 27.5. The second-order valence-corrected chi connectivity index (χ2v) is 4.91. The lowest BCUT2D eigenvalue weighted by Crippen LogP contribution is -2.53. The van der Waals surface area contributed by atoms with Gasteiger partial charge in [0, 0.05) is 25.8 Å². The molecule has 1 aliphatic rings. The van der Waals surface area contributed by atoms with Crippen LogP contribution in [-0.4, -0.2) is 57.6 Å². The van der Waals surface area contributed by atoms with Gasteiger partial charge in [-0.1, -0.05) is 0 Å². The van der Waals surface area contributed by atoms with Gasteiger partial charge in [0.15, 0.2) is 0 Å². The van der Waals surface area contributed by atoms with Crippen LogP contribution in [0.5, 0.6) is 0 Å². The van der Waals surface area contributed by atoms with E-state index in [4.69, 9.17) is 0 Å². The normalized spacial score (nSPS) is 17.7. The number of rotatable bonds is 3. The lowest BCUT2D eigenvalue weighted by Gasteiger charge is -2.34. The van der Waals surface area contributed by atoms with E-state index < -0.39 is 0 Å². The third-order valence-corrected chi connectivity index (χ3v) is 3.50. The number of hydrogen-bond donors (Lipinski definition) is 0. The average molecular weight is 264 g/mol. The molecule has 1 fully saturated rings. The topological polar surface area (TPSA) is 58.4 Å². The van der Waals surface area contributed by atoms with Crippen molar-refractivity contribution >= 4 is 11.8 Å². The van der Waals surface area contributed by atoms with E-state index in [1.165, 1.54) is 0 Å². The minimum absolute atomic E-state index is 0.0194. The molecular formula is C13H20N4O2. The number of aryl methyl sites for hydroxylation is 1. The van der Waals surface area contributed by atoms with Crippen molar-refractivity contribution in [3.63, 3.8) is 0 Å². The van der Waals surface area contributed by atoms with Crippen molar-refractivity contribution in [2.45, 2.75) is 26.8 Å². The molecule has 1 saturated heterocycles. The summed E-state index contributed by atoms with van der Waals surface area (Å²) in [6.07, 6.45) is 3.57. The summed E-state index contributed by atoms with van der Waals surface area (Å²) in [5.41, 5.74) is 1.02. The molecule has 0 spiro atoms. The van der Waals surface area contributed by atoms with E-state index >= 15 is 0 Å². The van der Waals surface area contributed by atoms with Crippen LogP contribution in [0.4, 0.5) is 0 Å². The van der Waals surface area contributed by atoms with Gasteiger partial charge in [-0.25, -0.2) is 0 Å². The molecule has 0 aromatic carbocycles. The Bertz CT molecular complexity index is 483. The van der Waals surface area contributed by atoms with Crippen LogP contribution in [-0.2, 0) is 9.59 Å². The molecule has 6 nitrogen and oxygen atoms in total. The van der Waals surface area contributed by atoms with E-state index in [1.807, 2.05) is 27.0 Å². The van der Waals surface area contributed by atoms with E-state index in [-0.39, 0.29) is 24.4 Å². The Kier molecular flexibility index (Phi) is 3.87. The molecule has 0 N–H and O–H groups in total. The molecule has 2 heterocycles. The lowest BCUT2D eigenvalue weighted by molar-refractivity contribution is -0.146. The number of amides is 2. The molecule has 0 aliphatic carbocycles. The third-order valence-electron chi connectivity index (χ3n) is 3.50. The molecule has 1 atom stereocenters. The van der Waals surface area contributed by atoms with Gasteiger partial charge in [-0.2, -0.15) is 5.10 Å². The molecule has 0 saturated carbocycles. The largest absolute Gasteiger partial charge is 0.340 e. The average Bonchev–Trinajstić information content (AvgIpc) is 2.83. The molecule has 2 rings (SSSR count). The van der Waals surface area contributed by atoms with E-state index in [1.54, 1.807) is 20.7 Å². The highest BCUT2D eigenvalue weighted by Crippen LogP contribution is 2.13. The van der Waals surface area contributed by atoms with E-state index in [2.05, 4.69) is 5.10 Å². The van der Waals surface area contributed by atoms with Crippen molar-refractivity contribution in [3.8, 4) is 0 Å². The maximum Gasteiger partial charge on any atom is 0.247 e. The number of aromatic nitrogens is 2. The summed E-state index contributed by atoms with van der Waals surface area (Å²) < 4.78 is 1.65. The van der Waals surface area contributed by atoms with Gasteiger partial charge in [0.1, 0.15) is 6.04 Å². The van der Waals surface area contributed by atoms with Crippen molar-refractivity contribution in [1.82, 2.24) is 19.6 Å². The molecule has 0 bridgehead atoms. The maximum atomic E-state index is 12.3. The van der Waals surface area contributed by atoms with Crippen molar-refractivity contribution in [2.24, 2.45) is 0 Å². The van der Waals surface area contributed by atoms with Gasteiger partial charge in [0.25, 0.3) is 0 Å². The van der Waals surface area contributed by atoms with Crippen LogP contribution >= 0.6 is 0 Å². The Balaban J connectivity index is 2.02. The quantitative estimate of drug-likeness (QED) is 0.796. The summed E-state index contributed by atoms with van der Waals surface area (Å²) in [7, 11) is 0. The minimum atomic E-state index is -0.366. The molecule has 6 heteroatoms. The van der Waals surface area contributed by atoms with E-state index in [0.717, 1.165) is 5.56 Å². The van der Waals surface area contributed by atoms with Crippen LogP contribution < -0.4 is 0 Å². The monoisotopic (exact) mass is 264 g/mol. The standard InChI is InChI=1S/C13H20N4O2/c1-4-15-5-6-16(9-12(15)18)13(19)11(3)17-8-10(2)7-14-17/h7-8,11H,4-6,9H2,1-3H3/t11-/m1/s1. The Labute approximate surface area is 113 Å². The Morgan fingerprint density at radius 2 is 2.21 bits per heavy atom. The van der Waals surface area contributed by atoms with Gasteiger partial charge in [0.05, 0.1) is 12.7 Å². The van der Waals surface area contributed by atoms with Gasteiger partial charge in [-0.05, 0) is 26.3 Å². The van der Waals surface area contributed by atoms with Crippen LogP contribution in [0.2, 0.25) is 0 Å². The predicted molar refractivity (Wildman–Crippen MR) is 70.5 cm³/mol. The first-order valence-electron chi connectivity index (χ1n) is 6.60. The second-order valence-electron chi connectivity index (χ2n) is 4.91. The number of piperazine rings is 1. The van der Waals surface area contributed by atoms with Crippen molar-refractivity contribution < 1.29 is 9.59 Å². The SMILES string of the molecule is CCN1CCN(C(=O)[C@@H](C)n2cc(C)cn2)CC1=O. The number of carbonyl (C=O) groups excluding carboxylic acids is 2. The molecule has 104 valence electrons. The summed E-state index contributed by atoms with van der Waals surface area (Å²) in [6, 6.07) is -0.366. The zero-order valence-electron chi connectivity index (χ0n) is 11.7. The number of likely N-dealkylation sites (N-methyl/N-ethyl adjacent to an activating group) is 1. The van der Waals surface area contributed by atoms with Crippen LogP contribution in [0.3, 0.4) is 0 Å². The number of nitrogens with zero attached hydrogens (tertiary/aromatic N) is 4. The smallest absolute Gasteiger partial charge is 0.247 e. The van der Waals surface area contributed by atoms with Crippen LogP contribution in [0.15, 0.2) is 12.4 Å². The zero-order valence-corrected chi connectivity index (χ0v) is 11.7. The van der Waals surface area contributed by atoms with Crippen molar-refractivity contribution in [2.75, 3.05) is 26.2 Å². The first-order valence-corrected chi connectivity index (χ1v) is 6.60. The van der Waals surface area contributed by atoms with Crippen LogP contribution in [0.1, 0.15) is 25.5 Å². The highest BCUT2D eigenvalue weighted by atomic mass is 16.2. The highest BCUT2D eigenvalue weighted by Gasteiger charge is 2.29. The van der Waals surface area contributed by atoms with Crippen LogP contribution in [0, 0.1) is 6.92 Å². The highest BCUT2D eigenvalue weighted by molar-refractivity contribution is 5.87. The third kappa shape index (κ3) is 2.77. The fraction of sp³-hybridized carbons (Fsp3) is 0.615. The Morgan fingerprint density at radius 3 is 2.74 bits per heavy atom. The molecule has 0 unspecified atom stereocenters. The second kappa shape index (κ2) is 5.42. The molecular weight excluding hydrogens is 244 g/mol. The minimum Gasteiger partial charge on any atom is -0.340 e. The first-order chi connectivity index (χ1) is 9.02. The molecule has 1 aromatic rings. The summed E-state index contributed by atoms with van der Waals surface area (Å²) in [5, 5.41) is 4.16. The Morgan fingerprint density at radius 1 is 1.47 bits per heavy atom. The molecule has 0 radical (unpaired) electrons. The van der Waals surface area contributed by atoms with Gasteiger partial charge in [-0.3, -0.25) is 14.3 Å². The molecule has 1 aliphatic heterocycles. The van der Waals surface area contributed by atoms with Crippen molar-refractivity contribution in [3.05, 3.63) is 18.0 Å². The predicted octanol–water partition coefficient (Wildman–Crippen LogP) is 0.443. The number of carbonyl (C=O) groups is 2.